The highest BCUT2D eigenvalue weighted by Gasteiger charge is 2.25. The average molecular weight is 386 g/mol. The lowest BCUT2D eigenvalue weighted by Crippen LogP contribution is -2.50. The van der Waals surface area contributed by atoms with Crippen LogP contribution < -0.4 is 10.2 Å². The summed E-state index contributed by atoms with van der Waals surface area (Å²) in [6, 6.07) is 8.24. The van der Waals surface area contributed by atoms with Gasteiger partial charge < -0.3 is 15.1 Å². The first-order chi connectivity index (χ1) is 12.0. The second kappa shape index (κ2) is 7.45. The van der Waals surface area contributed by atoms with Gasteiger partial charge in [0.1, 0.15) is 17.3 Å². The number of hydrogen-bond donors (Lipinski definition) is 1. The van der Waals surface area contributed by atoms with Crippen LogP contribution in [0, 0.1) is 11.6 Å². The quantitative estimate of drug-likeness (QED) is 0.817. The van der Waals surface area contributed by atoms with Gasteiger partial charge in [-0.2, -0.15) is 0 Å². The third-order valence-corrected chi connectivity index (χ3v) is 4.54. The number of carbonyl (C=O) groups excluding carboxylic acids is 1. The van der Waals surface area contributed by atoms with Crippen LogP contribution in [0.3, 0.4) is 0 Å². The molecule has 0 saturated carbocycles. The van der Waals surface area contributed by atoms with Gasteiger partial charge in [-0.25, -0.2) is 13.6 Å². The fraction of sp³-hybridized carbons (Fsp3) is 0.235. The Labute approximate surface area is 153 Å². The van der Waals surface area contributed by atoms with Gasteiger partial charge in [0.05, 0.1) is 10.7 Å². The van der Waals surface area contributed by atoms with E-state index in [0.717, 1.165) is 0 Å². The van der Waals surface area contributed by atoms with Crippen LogP contribution in [-0.4, -0.2) is 37.1 Å². The monoisotopic (exact) mass is 385 g/mol. The minimum atomic E-state index is -0.606. The number of rotatable bonds is 2. The van der Waals surface area contributed by atoms with Crippen LogP contribution in [0.25, 0.3) is 0 Å². The number of nitrogens with zero attached hydrogens (tertiary/aromatic N) is 2. The van der Waals surface area contributed by atoms with Gasteiger partial charge in [-0.15, -0.1) is 0 Å². The highest BCUT2D eigenvalue weighted by molar-refractivity contribution is 6.36. The summed E-state index contributed by atoms with van der Waals surface area (Å²) in [5.41, 5.74) is 0.405. The molecule has 2 amide bonds. The van der Waals surface area contributed by atoms with Crippen LogP contribution in [-0.2, 0) is 0 Å². The number of hydrogen-bond acceptors (Lipinski definition) is 2. The Hall–Kier alpha value is -2.05. The Morgan fingerprint density at radius 1 is 1.00 bits per heavy atom. The third kappa shape index (κ3) is 3.96. The summed E-state index contributed by atoms with van der Waals surface area (Å²) in [5, 5.41) is 3.53. The van der Waals surface area contributed by atoms with Crippen LogP contribution in [0.1, 0.15) is 0 Å². The molecule has 25 heavy (non-hydrogen) atoms. The van der Waals surface area contributed by atoms with E-state index in [4.69, 9.17) is 23.2 Å². The third-order valence-electron chi connectivity index (χ3n) is 3.99. The van der Waals surface area contributed by atoms with Crippen LogP contribution in [0.4, 0.5) is 25.0 Å². The zero-order valence-corrected chi connectivity index (χ0v) is 14.6. The zero-order valence-electron chi connectivity index (χ0n) is 13.1. The lowest BCUT2D eigenvalue weighted by atomic mass is 10.2. The average Bonchev–Trinajstić information content (AvgIpc) is 2.58. The molecule has 0 unspecified atom stereocenters. The number of amides is 2. The number of benzene rings is 2. The Morgan fingerprint density at radius 2 is 1.64 bits per heavy atom. The van der Waals surface area contributed by atoms with Crippen molar-refractivity contribution in [3.05, 3.63) is 58.1 Å². The molecule has 1 aliphatic rings. The molecule has 1 fully saturated rings. The van der Waals surface area contributed by atoms with Gasteiger partial charge in [0.2, 0.25) is 0 Å². The first kappa shape index (κ1) is 17.8. The highest BCUT2D eigenvalue weighted by atomic mass is 35.5. The number of anilines is 2. The summed E-state index contributed by atoms with van der Waals surface area (Å²) >= 11 is 11.9. The summed E-state index contributed by atoms with van der Waals surface area (Å²) < 4.78 is 27.7. The van der Waals surface area contributed by atoms with E-state index in [-0.39, 0.29) is 11.7 Å². The maximum Gasteiger partial charge on any atom is 0.322 e. The second-order valence-electron chi connectivity index (χ2n) is 5.60. The molecule has 0 atom stereocenters. The van der Waals surface area contributed by atoms with Gasteiger partial charge in [0.15, 0.2) is 0 Å². The minimum Gasteiger partial charge on any atom is -0.363 e. The molecule has 3 rings (SSSR count). The molecule has 1 saturated heterocycles. The first-order valence-corrected chi connectivity index (χ1v) is 8.41. The standard InChI is InChI=1S/C17H15Cl2F2N3O/c18-11-4-5-15(12(19)10-11)22-17(25)24-8-6-23(7-9-24)16-13(20)2-1-3-14(16)21/h1-5,10H,6-9H2,(H,22,25). The van der Waals surface area contributed by atoms with Crippen molar-refractivity contribution < 1.29 is 13.6 Å². The normalized spacial score (nSPS) is 14.6. The van der Waals surface area contributed by atoms with Crippen LogP contribution in [0.15, 0.2) is 36.4 Å². The molecule has 0 radical (unpaired) electrons. The van der Waals surface area contributed by atoms with E-state index in [1.165, 1.54) is 24.3 Å². The summed E-state index contributed by atoms with van der Waals surface area (Å²) in [6.45, 7) is 1.34. The number of carbonyl (C=O) groups is 1. The number of halogens is 4. The molecule has 1 N–H and O–H groups in total. The molecule has 0 spiro atoms. The maximum absolute atomic E-state index is 13.9. The Balaban J connectivity index is 1.63. The zero-order chi connectivity index (χ0) is 18.0. The number of piperazine rings is 1. The molecule has 2 aromatic rings. The van der Waals surface area contributed by atoms with Crippen molar-refractivity contribution in [2.75, 3.05) is 36.4 Å². The summed E-state index contributed by atoms with van der Waals surface area (Å²) in [7, 11) is 0. The lowest BCUT2D eigenvalue weighted by molar-refractivity contribution is 0.208. The van der Waals surface area contributed by atoms with Gasteiger partial charge in [-0.05, 0) is 30.3 Å². The van der Waals surface area contributed by atoms with E-state index in [9.17, 15) is 13.6 Å². The minimum absolute atomic E-state index is 0.0525. The molecule has 0 aromatic heterocycles. The van der Waals surface area contributed by atoms with Gasteiger partial charge in [0.25, 0.3) is 0 Å². The topological polar surface area (TPSA) is 35.6 Å². The van der Waals surface area contributed by atoms with Crippen molar-refractivity contribution in [2.24, 2.45) is 0 Å². The van der Waals surface area contributed by atoms with Crippen molar-refractivity contribution in [3.63, 3.8) is 0 Å². The van der Waals surface area contributed by atoms with Crippen molar-refractivity contribution in [1.29, 1.82) is 0 Å². The Morgan fingerprint density at radius 3 is 2.24 bits per heavy atom. The summed E-state index contributed by atoms with van der Waals surface area (Å²) in [5.74, 6) is -1.21. The molecule has 1 aliphatic heterocycles. The van der Waals surface area contributed by atoms with Crippen LogP contribution >= 0.6 is 23.2 Å². The smallest absolute Gasteiger partial charge is 0.322 e. The summed E-state index contributed by atoms with van der Waals surface area (Å²) in [4.78, 5) is 15.5. The number of para-hydroxylation sites is 1. The number of nitrogens with one attached hydrogen (secondary N) is 1. The molecular weight excluding hydrogens is 371 g/mol. The molecule has 4 nitrogen and oxygen atoms in total. The van der Waals surface area contributed by atoms with E-state index in [1.807, 2.05) is 0 Å². The Kier molecular flexibility index (Phi) is 5.30. The van der Waals surface area contributed by atoms with Crippen molar-refractivity contribution >= 4 is 40.6 Å². The molecule has 0 aliphatic carbocycles. The molecule has 0 bridgehead atoms. The number of urea groups is 1. The predicted octanol–water partition coefficient (Wildman–Crippen LogP) is 4.63. The predicted molar refractivity (Wildman–Crippen MR) is 95.6 cm³/mol. The summed E-state index contributed by atoms with van der Waals surface area (Å²) in [6.07, 6.45) is 0. The van der Waals surface area contributed by atoms with Crippen LogP contribution in [0.5, 0.6) is 0 Å². The van der Waals surface area contributed by atoms with Crippen molar-refractivity contribution in [3.8, 4) is 0 Å². The lowest BCUT2D eigenvalue weighted by Gasteiger charge is -2.36. The fourth-order valence-electron chi connectivity index (χ4n) is 2.71. The van der Waals surface area contributed by atoms with Crippen LogP contribution in [0.2, 0.25) is 10.0 Å². The molecule has 132 valence electrons. The second-order valence-corrected chi connectivity index (χ2v) is 6.44. The van der Waals surface area contributed by atoms with Gasteiger partial charge in [0, 0.05) is 31.2 Å². The Bertz CT molecular complexity index is 775. The SMILES string of the molecule is O=C(Nc1ccc(Cl)cc1Cl)N1CCN(c2c(F)cccc2F)CC1. The van der Waals surface area contributed by atoms with E-state index in [1.54, 1.807) is 21.9 Å². The fourth-order valence-corrected chi connectivity index (χ4v) is 3.17. The molecular formula is C17H15Cl2F2N3O. The van der Waals surface area contributed by atoms with Gasteiger partial charge >= 0.3 is 6.03 Å². The van der Waals surface area contributed by atoms with E-state index < -0.39 is 11.6 Å². The maximum atomic E-state index is 13.9. The van der Waals surface area contributed by atoms with Gasteiger partial charge in [-0.1, -0.05) is 29.3 Å². The largest absolute Gasteiger partial charge is 0.363 e. The van der Waals surface area contributed by atoms with E-state index in [0.29, 0.717) is 41.9 Å². The van der Waals surface area contributed by atoms with Gasteiger partial charge in [-0.3, -0.25) is 0 Å². The highest BCUT2D eigenvalue weighted by Crippen LogP contribution is 2.27. The first-order valence-electron chi connectivity index (χ1n) is 7.65. The van der Waals surface area contributed by atoms with Crippen molar-refractivity contribution in [1.82, 2.24) is 4.90 Å². The molecule has 8 heteroatoms. The van der Waals surface area contributed by atoms with E-state index >= 15 is 0 Å². The molecule has 2 aromatic carbocycles. The molecule has 1 heterocycles. The van der Waals surface area contributed by atoms with Crippen molar-refractivity contribution in [2.45, 2.75) is 0 Å². The van der Waals surface area contributed by atoms with E-state index in [2.05, 4.69) is 5.32 Å².